The van der Waals surface area contributed by atoms with Crippen LogP contribution in [-0.2, 0) is 6.51 Å². The molecule has 10 heterocycles. The minimum Gasteiger partial charge on any atom is -1.00 e. The van der Waals surface area contributed by atoms with Crippen LogP contribution < -0.4 is 24.0 Å². The van der Waals surface area contributed by atoms with Crippen LogP contribution >= 0.6 is 0 Å². The van der Waals surface area contributed by atoms with Crippen molar-refractivity contribution in [1.82, 2.24) is 0 Å². The van der Waals surface area contributed by atoms with E-state index in [-0.39, 0.29) is 24.0 Å². The molecular formula is C15H22FeIN. The van der Waals surface area contributed by atoms with E-state index in [1.165, 1.54) is 47.8 Å². The fourth-order valence-electron chi connectivity index (χ4n) is 18.1. The Bertz CT molecular complexity index is 892. The summed E-state index contributed by atoms with van der Waals surface area (Å²) in [6, 6.07) is 1.04. The van der Waals surface area contributed by atoms with Gasteiger partial charge in [-0.05, 0) is 0 Å². The molecule has 0 N–H and O–H groups in total. The quantitative estimate of drug-likeness (QED) is 0.367. The predicted molar refractivity (Wildman–Crippen MR) is 63.9 cm³/mol. The third-order valence-corrected chi connectivity index (χ3v) is 59.4. The summed E-state index contributed by atoms with van der Waals surface area (Å²) in [5.41, 5.74) is 0. The Morgan fingerprint density at radius 2 is 1.22 bits per heavy atom. The van der Waals surface area contributed by atoms with Gasteiger partial charge in [0, 0.05) is 0 Å². The maximum Gasteiger partial charge on any atom is -1.00 e. The Morgan fingerprint density at radius 1 is 0.833 bits per heavy atom. The molecule has 0 saturated carbocycles. The fraction of sp³-hybridized carbons (Fsp3) is 1.00. The van der Waals surface area contributed by atoms with Crippen molar-refractivity contribution in [1.29, 1.82) is 0 Å². The van der Waals surface area contributed by atoms with Crippen LogP contribution in [0.2, 0.25) is 47.7 Å². The maximum absolute atomic E-state index is 2.76. The number of hydrogen-bond donors (Lipinski definition) is 0. The molecule has 0 bridgehead atoms. The Labute approximate surface area is 116 Å². The summed E-state index contributed by atoms with van der Waals surface area (Å²) in [5.74, 6) is 0. The van der Waals surface area contributed by atoms with E-state index in [0.29, 0.717) is 0 Å². The molecule has 1 nitrogen and oxygen atoms in total. The van der Waals surface area contributed by atoms with Gasteiger partial charge in [0.25, 0.3) is 0 Å². The van der Waals surface area contributed by atoms with Crippen LogP contribution in [0, 0.1) is 0 Å². The molecule has 0 radical (unpaired) electrons. The zero-order valence-corrected chi connectivity index (χ0v) is 14.7. The van der Waals surface area contributed by atoms with E-state index in [1.807, 2.05) is 0 Å². The number of hydrogen-bond acceptors (Lipinski definition) is 0. The molecule has 0 aliphatic carbocycles. The van der Waals surface area contributed by atoms with Crippen LogP contribution in [0.4, 0.5) is 0 Å². The van der Waals surface area contributed by atoms with Crippen molar-refractivity contribution in [3.8, 4) is 0 Å². The molecule has 5 unspecified atom stereocenters. The summed E-state index contributed by atoms with van der Waals surface area (Å²) in [4.78, 5) is 13.5. The van der Waals surface area contributed by atoms with Crippen molar-refractivity contribution in [3.63, 3.8) is 0 Å². The first-order chi connectivity index (χ1) is 7.70. The third kappa shape index (κ3) is 0.0884. The summed E-state index contributed by atoms with van der Waals surface area (Å²) < 4.78 is 2.39. The third-order valence-electron chi connectivity index (χ3n) is 16.6. The van der Waals surface area contributed by atoms with Gasteiger partial charge in [-0.25, -0.2) is 0 Å². The summed E-state index contributed by atoms with van der Waals surface area (Å²) in [7, 11) is 7.49. The van der Waals surface area contributed by atoms with Gasteiger partial charge in [0.05, 0.1) is 0 Å². The van der Waals surface area contributed by atoms with Crippen molar-refractivity contribution in [2.45, 2.75) is 60.6 Å². The van der Waals surface area contributed by atoms with Crippen molar-refractivity contribution in [3.05, 3.63) is 0 Å². The van der Waals surface area contributed by atoms with Crippen LogP contribution in [0.15, 0.2) is 0 Å². The molecule has 0 aromatic rings. The van der Waals surface area contributed by atoms with Gasteiger partial charge in [-0.2, -0.15) is 0 Å². The van der Waals surface area contributed by atoms with E-state index in [1.54, 1.807) is 0 Å². The monoisotopic (exact) mass is 399 g/mol. The maximum atomic E-state index is 2.68. The number of quaternary nitrogens is 1. The van der Waals surface area contributed by atoms with Crippen molar-refractivity contribution in [2.75, 3.05) is 21.1 Å². The van der Waals surface area contributed by atoms with Crippen molar-refractivity contribution in [2.24, 2.45) is 0 Å². The molecule has 10 aliphatic heterocycles. The van der Waals surface area contributed by atoms with Crippen LogP contribution in [0.1, 0.15) is 6.92 Å². The standard InChI is InChI=1S/C10H17N.C5H5.Fe.HI/c1-9(11(2,3)4)10-7-5-6-8-10;1-2-4-5-3-1;;/h5-9H,1-4H3;1-5H;;1H/q+1;;;/p-1. The SMILES string of the molecule is CC([C]12[CH]3[CH]4[CH]5[CH]1[Fe]45321678[CH]2[CH]1[CH]6[CH]7[CH]28)[N+](C)(C)C.[I-]. The second-order valence-corrected chi connectivity index (χ2v) is 36.1. The first-order valence-electron chi connectivity index (χ1n) is 7.72. The molecule has 102 valence electrons. The Hall–Kier alpha value is 1.21. The molecular weight excluding hydrogens is 377 g/mol. The molecule has 5 atom stereocenters. The summed E-state index contributed by atoms with van der Waals surface area (Å²) in [5, 5.41) is 0. The number of rotatable bonds is 2. The van der Waals surface area contributed by atoms with E-state index in [0.717, 1.165) is 10.4 Å². The number of nitrogens with zero attached hydrogens (tertiary/aromatic N) is 1. The van der Waals surface area contributed by atoms with Crippen LogP contribution in [-0.4, -0.2) is 31.7 Å². The molecule has 10 saturated heterocycles. The van der Waals surface area contributed by atoms with E-state index >= 15 is 0 Å². The zero-order chi connectivity index (χ0) is 11.1. The average molecular weight is 399 g/mol. The van der Waals surface area contributed by atoms with E-state index in [2.05, 4.69) is 28.1 Å². The minimum atomic E-state index is -2.76. The molecule has 10 fully saturated rings. The van der Waals surface area contributed by atoms with Crippen LogP contribution in [0.25, 0.3) is 0 Å². The van der Waals surface area contributed by atoms with Crippen LogP contribution in [0.5, 0.6) is 0 Å². The van der Waals surface area contributed by atoms with Gasteiger partial charge >= 0.3 is 92.8 Å². The summed E-state index contributed by atoms with van der Waals surface area (Å²) in [6.45, 7) is -0.0808. The number of halogens is 1. The predicted octanol–water partition coefficient (Wildman–Crippen LogP) is 0.844. The molecule has 0 aromatic carbocycles. The molecule has 0 aromatic heterocycles. The van der Waals surface area contributed by atoms with E-state index in [9.17, 15) is 0 Å². The zero-order valence-electron chi connectivity index (χ0n) is 11.5. The van der Waals surface area contributed by atoms with Gasteiger partial charge < -0.3 is 24.0 Å². The second kappa shape index (κ2) is 0.693. The molecule has 1 spiro atoms. The van der Waals surface area contributed by atoms with E-state index in [4.69, 9.17) is 0 Å². The molecule has 10 rings (SSSR count). The Morgan fingerprint density at radius 3 is 1.39 bits per heavy atom. The van der Waals surface area contributed by atoms with Crippen molar-refractivity contribution >= 4 is 0 Å². The van der Waals surface area contributed by atoms with Gasteiger partial charge in [-0.3, -0.25) is 0 Å². The second-order valence-electron chi connectivity index (χ2n) is 12.5. The Balaban J connectivity index is 0.000000676. The molecule has 18 heavy (non-hydrogen) atoms. The largest absolute Gasteiger partial charge is 1.00 e. The smallest absolute Gasteiger partial charge is 1.00 e. The summed E-state index contributed by atoms with van der Waals surface area (Å²) in [6.07, 6.45) is 0. The van der Waals surface area contributed by atoms with E-state index < -0.39 is 6.51 Å². The molecule has 3 heteroatoms. The van der Waals surface area contributed by atoms with Gasteiger partial charge in [0.15, 0.2) is 0 Å². The fourth-order valence-corrected chi connectivity index (χ4v) is 94.0. The van der Waals surface area contributed by atoms with Crippen LogP contribution in [0.3, 0.4) is 0 Å². The first-order valence-corrected chi connectivity index (χ1v) is 14.0. The average Bonchev–Trinajstić information content (AvgIpc) is 3.20. The number of fused-ring (bicyclic) bond motifs is 10. The topological polar surface area (TPSA) is 0 Å². The normalized spacial score (nSPS) is 115. The summed E-state index contributed by atoms with van der Waals surface area (Å²) >= 11 is 0. The van der Waals surface area contributed by atoms with Gasteiger partial charge in [0.2, 0.25) is 0 Å². The van der Waals surface area contributed by atoms with Gasteiger partial charge in [0.1, 0.15) is 0 Å². The van der Waals surface area contributed by atoms with Gasteiger partial charge in [-0.1, -0.05) is 0 Å². The minimum absolute atomic E-state index is 0. The molecule has 0 amide bonds. The Kier molecular flexibility index (Phi) is 0.331. The molecule has 10 aliphatic rings. The van der Waals surface area contributed by atoms with Crippen molar-refractivity contribution < 1.29 is 35.0 Å². The van der Waals surface area contributed by atoms with Gasteiger partial charge in [-0.15, -0.1) is 0 Å². The first kappa shape index (κ1) is 8.60.